The fourth-order valence-electron chi connectivity index (χ4n) is 2.72. The van der Waals surface area contributed by atoms with Gasteiger partial charge in [0.05, 0.1) is 22.0 Å². The zero-order chi connectivity index (χ0) is 15.7. The van der Waals surface area contributed by atoms with Gasteiger partial charge in [0.2, 0.25) is 5.91 Å². The van der Waals surface area contributed by atoms with Crippen LogP contribution in [0.4, 0.5) is 0 Å². The monoisotopic (exact) mass is 334 g/mol. The van der Waals surface area contributed by atoms with E-state index in [1.54, 1.807) is 23.1 Å². The Morgan fingerprint density at radius 2 is 2.18 bits per heavy atom. The van der Waals surface area contributed by atoms with E-state index in [2.05, 4.69) is 26.8 Å². The van der Waals surface area contributed by atoms with Gasteiger partial charge in [0.1, 0.15) is 5.01 Å². The number of carbonyl (C=O) groups excluding carboxylic acids is 1. The van der Waals surface area contributed by atoms with Crippen LogP contribution in [0, 0.1) is 0 Å². The van der Waals surface area contributed by atoms with Gasteiger partial charge in [-0.25, -0.2) is 4.98 Å². The lowest BCUT2D eigenvalue weighted by atomic mass is 10.2. The van der Waals surface area contributed by atoms with Crippen LogP contribution < -0.4 is 0 Å². The molecule has 3 rings (SSSR count). The van der Waals surface area contributed by atoms with E-state index in [9.17, 15) is 4.79 Å². The second-order valence-electron chi connectivity index (χ2n) is 6.67. The fraction of sp³-hybridized carbons (Fsp3) is 0.529. The molecule has 2 aromatic rings. The molecule has 1 unspecified atom stereocenters. The minimum atomic E-state index is 0.126. The second kappa shape index (κ2) is 6.20. The number of fused-ring (bicyclic) bond motifs is 1. The third-order valence-corrected chi connectivity index (χ3v) is 6.19. The van der Waals surface area contributed by atoms with E-state index in [0.29, 0.717) is 5.75 Å². The van der Waals surface area contributed by atoms with Crippen molar-refractivity contribution >= 4 is 39.2 Å². The molecule has 1 aromatic carbocycles. The highest BCUT2D eigenvalue weighted by Gasteiger charge is 2.32. The number of benzene rings is 1. The van der Waals surface area contributed by atoms with Crippen molar-refractivity contribution in [2.75, 3.05) is 12.3 Å². The average Bonchev–Trinajstić information content (AvgIpc) is 3.09. The number of carbonyl (C=O) groups is 1. The van der Waals surface area contributed by atoms with E-state index in [1.807, 2.05) is 23.1 Å². The second-order valence-corrected chi connectivity index (χ2v) is 9.53. The molecule has 1 aliphatic rings. The maximum atomic E-state index is 12.6. The molecule has 3 nitrogen and oxygen atoms in total. The van der Waals surface area contributed by atoms with E-state index in [4.69, 9.17) is 4.98 Å². The summed E-state index contributed by atoms with van der Waals surface area (Å²) in [6, 6.07) is 8.38. The highest BCUT2D eigenvalue weighted by Crippen LogP contribution is 2.37. The maximum Gasteiger partial charge on any atom is 0.233 e. The van der Waals surface area contributed by atoms with Crippen molar-refractivity contribution in [3.05, 3.63) is 29.3 Å². The normalized spacial score (nSPS) is 19.0. The maximum absolute atomic E-state index is 12.6. The van der Waals surface area contributed by atoms with Gasteiger partial charge in [-0.2, -0.15) is 0 Å². The lowest BCUT2D eigenvalue weighted by molar-refractivity contribution is -0.129. The van der Waals surface area contributed by atoms with Crippen molar-refractivity contribution in [3.63, 3.8) is 0 Å². The molecule has 0 aliphatic carbocycles. The molecule has 0 radical (unpaired) electrons. The molecule has 1 aliphatic heterocycles. The Morgan fingerprint density at radius 1 is 1.41 bits per heavy atom. The molecule has 118 valence electrons. The minimum Gasteiger partial charge on any atom is -0.333 e. The Kier molecular flexibility index (Phi) is 4.46. The van der Waals surface area contributed by atoms with Crippen LogP contribution in [0.15, 0.2) is 24.3 Å². The summed E-state index contributed by atoms with van der Waals surface area (Å²) in [5, 5.41) is 1.09. The molecular formula is C17H22N2OS2. The summed E-state index contributed by atoms with van der Waals surface area (Å²) in [5.74, 6) is 0.812. The molecule has 0 spiro atoms. The third-order valence-electron chi connectivity index (χ3n) is 3.80. The number of hydrogen-bond acceptors (Lipinski definition) is 4. The van der Waals surface area contributed by atoms with E-state index >= 15 is 0 Å². The summed E-state index contributed by atoms with van der Waals surface area (Å²) in [4.78, 5) is 19.4. The van der Waals surface area contributed by atoms with E-state index in [1.165, 1.54) is 4.70 Å². The lowest BCUT2D eigenvalue weighted by Crippen LogP contribution is -2.32. The van der Waals surface area contributed by atoms with Crippen LogP contribution in [0.1, 0.15) is 44.7 Å². The summed E-state index contributed by atoms with van der Waals surface area (Å²) < 4.78 is 1.33. The molecule has 22 heavy (non-hydrogen) atoms. The molecule has 0 N–H and O–H groups in total. The van der Waals surface area contributed by atoms with Crippen LogP contribution >= 0.6 is 23.1 Å². The highest BCUT2D eigenvalue weighted by molar-refractivity contribution is 8.01. The van der Waals surface area contributed by atoms with Crippen LogP contribution in [-0.4, -0.2) is 32.8 Å². The number of rotatable bonds is 3. The quantitative estimate of drug-likeness (QED) is 0.829. The molecular weight excluding hydrogens is 312 g/mol. The number of thiazole rings is 1. The molecule has 1 fully saturated rings. The molecule has 0 bridgehead atoms. The van der Waals surface area contributed by atoms with Crippen molar-refractivity contribution in [1.82, 2.24) is 9.88 Å². The summed E-state index contributed by atoms with van der Waals surface area (Å²) in [5.41, 5.74) is 1.05. The van der Waals surface area contributed by atoms with E-state index in [0.717, 1.165) is 29.9 Å². The average molecular weight is 335 g/mol. The Labute approximate surface area is 140 Å². The number of para-hydroxylation sites is 1. The van der Waals surface area contributed by atoms with Gasteiger partial charge in [-0.15, -0.1) is 23.1 Å². The van der Waals surface area contributed by atoms with E-state index < -0.39 is 0 Å². The van der Waals surface area contributed by atoms with Crippen LogP contribution in [0.2, 0.25) is 0 Å². The zero-order valence-corrected chi connectivity index (χ0v) is 15.0. The van der Waals surface area contributed by atoms with Crippen LogP contribution in [-0.2, 0) is 4.79 Å². The molecule has 5 heteroatoms. The number of amides is 1. The Morgan fingerprint density at radius 3 is 2.91 bits per heavy atom. The van der Waals surface area contributed by atoms with Gasteiger partial charge in [-0.05, 0) is 25.0 Å². The molecule has 1 aromatic heterocycles. The first-order chi connectivity index (χ1) is 10.4. The SMILES string of the molecule is CC(C)(C)SCC(=O)N1CCCC1c1nc2ccccc2s1. The van der Waals surface area contributed by atoms with Gasteiger partial charge in [-0.1, -0.05) is 32.9 Å². The van der Waals surface area contributed by atoms with Crippen molar-refractivity contribution in [1.29, 1.82) is 0 Å². The number of hydrogen-bond donors (Lipinski definition) is 0. The van der Waals surface area contributed by atoms with Gasteiger partial charge in [0.15, 0.2) is 0 Å². The lowest BCUT2D eigenvalue weighted by Gasteiger charge is -2.25. The van der Waals surface area contributed by atoms with Crippen LogP contribution in [0.25, 0.3) is 10.2 Å². The summed E-state index contributed by atoms with van der Waals surface area (Å²) >= 11 is 3.45. The first-order valence-corrected chi connectivity index (χ1v) is 9.53. The largest absolute Gasteiger partial charge is 0.333 e. The number of nitrogens with zero attached hydrogens (tertiary/aromatic N) is 2. The van der Waals surface area contributed by atoms with Crippen molar-refractivity contribution < 1.29 is 4.79 Å². The van der Waals surface area contributed by atoms with Crippen LogP contribution in [0.5, 0.6) is 0 Å². The molecule has 1 atom stereocenters. The number of aromatic nitrogens is 1. The first-order valence-electron chi connectivity index (χ1n) is 7.73. The topological polar surface area (TPSA) is 33.2 Å². The van der Waals surface area contributed by atoms with Crippen molar-refractivity contribution in [2.45, 2.75) is 44.4 Å². The molecule has 2 heterocycles. The molecule has 1 amide bonds. The standard InChI is InChI=1S/C17H22N2OS2/c1-17(2,3)21-11-15(20)19-10-6-8-13(19)16-18-12-7-4-5-9-14(12)22-16/h4-5,7,9,13H,6,8,10-11H2,1-3H3. The first kappa shape index (κ1) is 15.8. The summed E-state index contributed by atoms with van der Waals surface area (Å²) in [7, 11) is 0. The smallest absolute Gasteiger partial charge is 0.233 e. The van der Waals surface area contributed by atoms with Gasteiger partial charge in [0.25, 0.3) is 0 Å². The Hall–Kier alpha value is -1.07. The summed E-state index contributed by atoms with van der Waals surface area (Å²) in [6.45, 7) is 7.32. The van der Waals surface area contributed by atoms with Gasteiger partial charge in [-0.3, -0.25) is 4.79 Å². The zero-order valence-electron chi connectivity index (χ0n) is 13.3. The molecule has 0 saturated carbocycles. The summed E-state index contributed by atoms with van der Waals surface area (Å²) in [6.07, 6.45) is 2.11. The van der Waals surface area contributed by atoms with Gasteiger partial charge in [0, 0.05) is 11.3 Å². The predicted octanol–water partition coefficient (Wildman–Crippen LogP) is 4.49. The fourth-order valence-corrected chi connectivity index (χ4v) is 4.55. The minimum absolute atomic E-state index is 0.126. The van der Waals surface area contributed by atoms with Gasteiger partial charge >= 0.3 is 0 Å². The number of thioether (sulfide) groups is 1. The van der Waals surface area contributed by atoms with E-state index in [-0.39, 0.29) is 16.7 Å². The predicted molar refractivity (Wildman–Crippen MR) is 95.5 cm³/mol. The third kappa shape index (κ3) is 3.46. The highest BCUT2D eigenvalue weighted by atomic mass is 32.2. The van der Waals surface area contributed by atoms with Gasteiger partial charge < -0.3 is 4.90 Å². The van der Waals surface area contributed by atoms with Crippen molar-refractivity contribution in [3.8, 4) is 0 Å². The Balaban J connectivity index is 1.76. The Bertz CT molecular complexity index is 642. The molecule has 1 saturated heterocycles. The van der Waals surface area contributed by atoms with Crippen LogP contribution in [0.3, 0.4) is 0 Å². The number of likely N-dealkylation sites (tertiary alicyclic amines) is 1. The van der Waals surface area contributed by atoms with Crippen molar-refractivity contribution in [2.24, 2.45) is 0 Å².